The third-order valence-corrected chi connectivity index (χ3v) is 2.92. The Morgan fingerprint density at radius 3 is 2.93 bits per heavy atom. The standard InChI is InChI=1S/C12H26N2O/c1-3-4-7-13-8-9-14(2)11-12-6-5-10-15-12/h12-13H,3-11H2,1-2H3. The summed E-state index contributed by atoms with van der Waals surface area (Å²) in [6.45, 7) is 7.67. The summed E-state index contributed by atoms with van der Waals surface area (Å²) in [6.07, 6.45) is 5.54. The molecule has 3 nitrogen and oxygen atoms in total. The maximum absolute atomic E-state index is 5.61. The van der Waals surface area contributed by atoms with Crippen LogP contribution >= 0.6 is 0 Å². The lowest BCUT2D eigenvalue weighted by Crippen LogP contribution is -2.34. The van der Waals surface area contributed by atoms with Crippen LogP contribution in [-0.2, 0) is 4.74 Å². The average molecular weight is 214 g/mol. The molecule has 0 saturated carbocycles. The molecule has 1 aliphatic rings. The quantitative estimate of drug-likeness (QED) is 0.620. The molecule has 1 unspecified atom stereocenters. The van der Waals surface area contributed by atoms with Crippen LogP contribution in [0.15, 0.2) is 0 Å². The van der Waals surface area contributed by atoms with E-state index in [1.165, 1.54) is 25.7 Å². The van der Waals surface area contributed by atoms with Gasteiger partial charge in [0, 0.05) is 26.2 Å². The molecule has 1 fully saturated rings. The molecule has 0 aromatic rings. The summed E-state index contributed by atoms with van der Waals surface area (Å²) < 4.78 is 5.61. The first-order valence-electron chi connectivity index (χ1n) is 6.33. The van der Waals surface area contributed by atoms with Crippen LogP contribution < -0.4 is 5.32 Å². The van der Waals surface area contributed by atoms with E-state index in [-0.39, 0.29) is 0 Å². The van der Waals surface area contributed by atoms with Crippen molar-refractivity contribution in [3.8, 4) is 0 Å². The molecule has 0 spiro atoms. The van der Waals surface area contributed by atoms with Gasteiger partial charge in [-0.1, -0.05) is 13.3 Å². The van der Waals surface area contributed by atoms with Gasteiger partial charge in [0.2, 0.25) is 0 Å². The van der Waals surface area contributed by atoms with Crippen LogP contribution in [0.5, 0.6) is 0 Å². The average Bonchev–Trinajstić information content (AvgIpc) is 2.70. The second-order valence-corrected chi connectivity index (χ2v) is 4.50. The smallest absolute Gasteiger partial charge is 0.0702 e. The minimum Gasteiger partial charge on any atom is -0.377 e. The number of likely N-dealkylation sites (N-methyl/N-ethyl adjacent to an activating group) is 1. The van der Waals surface area contributed by atoms with E-state index in [0.29, 0.717) is 6.10 Å². The highest BCUT2D eigenvalue weighted by Crippen LogP contribution is 2.12. The van der Waals surface area contributed by atoms with Crippen molar-refractivity contribution < 1.29 is 4.74 Å². The topological polar surface area (TPSA) is 24.5 Å². The van der Waals surface area contributed by atoms with Gasteiger partial charge in [-0.2, -0.15) is 0 Å². The summed E-state index contributed by atoms with van der Waals surface area (Å²) >= 11 is 0. The molecule has 1 heterocycles. The first kappa shape index (κ1) is 12.9. The summed E-state index contributed by atoms with van der Waals surface area (Å²) in [5, 5.41) is 3.46. The highest BCUT2D eigenvalue weighted by Gasteiger charge is 2.16. The lowest BCUT2D eigenvalue weighted by Gasteiger charge is -2.20. The third kappa shape index (κ3) is 6.13. The van der Waals surface area contributed by atoms with Crippen molar-refractivity contribution in [2.75, 3.05) is 39.8 Å². The molecule has 0 radical (unpaired) electrons. The fourth-order valence-corrected chi connectivity index (χ4v) is 1.92. The van der Waals surface area contributed by atoms with E-state index in [4.69, 9.17) is 4.74 Å². The number of rotatable bonds is 8. The highest BCUT2D eigenvalue weighted by molar-refractivity contribution is 4.68. The van der Waals surface area contributed by atoms with Crippen molar-refractivity contribution in [1.82, 2.24) is 10.2 Å². The maximum Gasteiger partial charge on any atom is 0.0702 e. The largest absolute Gasteiger partial charge is 0.377 e. The zero-order chi connectivity index (χ0) is 10.9. The Labute approximate surface area is 94.2 Å². The molecule has 15 heavy (non-hydrogen) atoms. The van der Waals surface area contributed by atoms with Gasteiger partial charge in [-0.15, -0.1) is 0 Å². The van der Waals surface area contributed by atoms with Crippen molar-refractivity contribution in [2.24, 2.45) is 0 Å². The highest BCUT2D eigenvalue weighted by atomic mass is 16.5. The van der Waals surface area contributed by atoms with Gasteiger partial charge in [0.1, 0.15) is 0 Å². The van der Waals surface area contributed by atoms with E-state index in [1.54, 1.807) is 0 Å². The Balaban J connectivity index is 1.91. The minimum absolute atomic E-state index is 0.491. The number of unbranched alkanes of at least 4 members (excludes halogenated alkanes) is 1. The molecule has 0 aromatic heterocycles. The van der Waals surface area contributed by atoms with E-state index in [2.05, 4.69) is 24.2 Å². The second kappa shape index (κ2) is 8.08. The zero-order valence-corrected chi connectivity index (χ0v) is 10.3. The molecule has 1 saturated heterocycles. The van der Waals surface area contributed by atoms with Gasteiger partial charge >= 0.3 is 0 Å². The van der Waals surface area contributed by atoms with Gasteiger partial charge in [0.05, 0.1) is 6.10 Å². The molecular weight excluding hydrogens is 188 g/mol. The fourth-order valence-electron chi connectivity index (χ4n) is 1.92. The van der Waals surface area contributed by atoms with E-state index >= 15 is 0 Å². The van der Waals surface area contributed by atoms with Crippen LogP contribution in [0.2, 0.25) is 0 Å². The number of ether oxygens (including phenoxy) is 1. The Hall–Kier alpha value is -0.120. The SMILES string of the molecule is CCCCNCCN(C)CC1CCCO1. The molecule has 3 heteroatoms. The van der Waals surface area contributed by atoms with Crippen LogP contribution in [0.1, 0.15) is 32.6 Å². The molecule has 1 aliphatic heterocycles. The normalized spacial score (nSPS) is 21.4. The van der Waals surface area contributed by atoms with Crippen molar-refractivity contribution >= 4 is 0 Å². The van der Waals surface area contributed by atoms with Crippen LogP contribution in [-0.4, -0.2) is 50.8 Å². The first-order chi connectivity index (χ1) is 7.33. The predicted octanol–water partition coefficient (Wildman–Crippen LogP) is 1.49. The lowest BCUT2D eigenvalue weighted by atomic mass is 10.2. The van der Waals surface area contributed by atoms with Gasteiger partial charge in [-0.25, -0.2) is 0 Å². The fraction of sp³-hybridized carbons (Fsp3) is 1.00. The van der Waals surface area contributed by atoms with E-state index < -0.39 is 0 Å². The maximum atomic E-state index is 5.61. The molecular formula is C12H26N2O. The van der Waals surface area contributed by atoms with Crippen LogP contribution in [0.3, 0.4) is 0 Å². The van der Waals surface area contributed by atoms with Crippen molar-refractivity contribution in [1.29, 1.82) is 0 Å². The van der Waals surface area contributed by atoms with Gasteiger partial charge < -0.3 is 15.0 Å². The van der Waals surface area contributed by atoms with Gasteiger partial charge in [-0.3, -0.25) is 0 Å². The number of hydrogen-bond acceptors (Lipinski definition) is 3. The minimum atomic E-state index is 0.491. The Morgan fingerprint density at radius 1 is 1.40 bits per heavy atom. The van der Waals surface area contributed by atoms with Gasteiger partial charge in [-0.05, 0) is 32.9 Å². The molecule has 0 aliphatic carbocycles. The third-order valence-electron chi connectivity index (χ3n) is 2.92. The van der Waals surface area contributed by atoms with Crippen LogP contribution in [0, 0.1) is 0 Å². The van der Waals surface area contributed by atoms with E-state index in [9.17, 15) is 0 Å². The molecule has 1 atom stereocenters. The van der Waals surface area contributed by atoms with E-state index in [0.717, 1.165) is 32.8 Å². The van der Waals surface area contributed by atoms with Gasteiger partial charge in [0.25, 0.3) is 0 Å². The lowest BCUT2D eigenvalue weighted by molar-refractivity contribution is 0.0815. The number of hydrogen-bond donors (Lipinski definition) is 1. The second-order valence-electron chi connectivity index (χ2n) is 4.50. The first-order valence-corrected chi connectivity index (χ1v) is 6.33. The van der Waals surface area contributed by atoms with E-state index in [1.807, 2.05) is 0 Å². The Bertz CT molecular complexity index is 147. The Kier molecular flexibility index (Phi) is 6.98. The summed E-state index contributed by atoms with van der Waals surface area (Å²) in [5.74, 6) is 0. The molecule has 0 amide bonds. The van der Waals surface area contributed by atoms with Crippen molar-refractivity contribution in [3.05, 3.63) is 0 Å². The molecule has 0 aromatic carbocycles. The Morgan fingerprint density at radius 2 is 2.27 bits per heavy atom. The molecule has 1 rings (SSSR count). The summed E-state index contributed by atoms with van der Waals surface area (Å²) in [5.41, 5.74) is 0. The molecule has 1 N–H and O–H groups in total. The summed E-state index contributed by atoms with van der Waals surface area (Å²) in [4.78, 5) is 2.37. The summed E-state index contributed by atoms with van der Waals surface area (Å²) in [6, 6.07) is 0. The van der Waals surface area contributed by atoms with Crippen molar-refractivity contribution in [3.63, 3.8) is 0 Å². The zero-order valence-electron chi connectivity index (χ0n) is 10.3. The number of nitrogens with one attached hydrogen (secondary N) is 1. The number of nitrogens with zero attached hydrogens (tertiary/aromatic N) is 1. The monoisotopic (exact) mass is 214 g/mol. The van der Waals surface area contributed by atoms with Crippen LogP contribution in [0.4, 0.5) is 0 Å². The van der Waals surface area contributed by atoms with Crippen LogP contribution in [0.25, 0.3) is 0 Å². The molecule has 90 valence electrons. The van der Waals surface area contributed by atoms with Gasteiger partial charge in [0.15, 0.2) is 0 Å². The predicted molar refractivity (Wildman–Crippen MR) is 64.2 cm³/mol. The van der Waals surface area contributed by atoms with Crippen molar-refractivity contribution in [2.45, 2.75) is 38.7 Å². The molecule has 0 bridgehead atoms. The summed E-state index contributed by atoms with van der Waals surface area (Å²) in [7, 11) is 2.18.